The Kier molecular flexibility index (Phi) is 5.14. The van der Waals surface area contributed by atoms with Crippen molar-refractivity contribution in [3.8, 4) is 0 Å². The lowest BCUT2D eigenvalue weighted by atomic mass is 10.1. The van der Waals surface area contributed by atoms with Crippen molar-refractivity contribution in [3.05, 3.63) is 65.9 Å². The first-order valence-corrected chi connectivity index (χ1v) is 8.29. The molecule has 3 rings (SSSR count). The van der Waals surface area contributed by atoms with E-state index in [1.54, 1.807) is 31.2 Å². The highest BCUT2D eigenvalue weighted by Gasteiger charge is 2.08. The summed E-state index contributed by atoms with van der Waals surface area (Å²) in [6.07, 6.45) is 2.96. The maximum Gasteiger partial charge on any atom is 0.338 e. The molecule has 0 saturated heterocycles. The molecule has 0 unspecified atom stereocenters. The van der Waals surface area contributed by atoms with E-state index in [0.717, 1.165) is 16.5 Å². The Balaban J connectivity index is 1.57. The SMILES string of the molecule is CCOC(=O)c1ccc(NC(=O)CCc2cccc3[nH]ccc23)cc1. The topological polar surface area (TPSA) is 71.2 Å². The van der Waals surface area contributed by atoms with Gasteiger partial charge in [-0.25, -0.2) is 4.79 Å². The van der Waals surface area contributed by atoms with E-state index in [2.05, 4.69) is 10.3 Å². The summed E-state index contributed by atoms with van der Waals surface area (Å²) in [6.45, 7) is 2.10. The molecule has 0 spiro atoms. The number of benzene rings is 2. The molecule has 25 heavy (non-hydrogen) atoms. The molecule has 1 aromatic heterocycles. The van der Waals surface area contributed by atoms with E-state index in [-0.39, 0.29) is 11.9 Å². The molecule has 0 aliphatic heterocycles. The summed E-state index contributed by atoms with van der Waals surface area (Å²) in [7, 11) is 0. The first-order chi connectivity index (χ1) is 12.2. The Morgan fingerprint density at radius 3 is 2.64 bits per heavy atom. The summed E-state index contributed by atoms with van der Waals surface area (Å²) >= 11 is 0. The van der Waals surface area contributed by atoms with Crippen LogP contribution in [0.5, 0.6) is 0 Å². The van der Waals surface area contributed by atoms with Gasteiger partial charge in [0.2, 0.25) is 5.91 Å². The number of hydrogen-bond donors (Lipinski definition) is 2. The van der Waals surface area contributed by atoms with Crippen molar-refractivity contribution >= 4 is 28.5 Å². The lowest BCUT2D eigenvalue weighted by Crippen LogP contribution is -2.12. The third-order valence-corrected chi connectivity index (χ3v) is 3.99. The monoisotopic (exact) mass is 336 g/mol. The average Bonchev–Trinajstić information content (AvgIpc) is 3.10. The van der Waals surface area contributed by atoms with Crippen LogP contribution in [0.3, 0.4) is 0 Å². The predicted octanol–water partition coefficient (Wildman–Crippen LogP) is 3.92. The van der Waals surface area contributed by atoms with E-state index < -0.39 is 0 Å². The van der Waals surface area contributed by atoms with E-state index in [4.69, 9.17) is 4.74 Å². The van der Waals surface area contributed by atoms with Crippen LogP contribution in [0.4, 0.5) is 5.69 Å². The summed E-state index contributed by atoms with van der Waals surface area (Å²) in [6, 6.07) is 14.8. The van der Waals surface area contributed by atoms with Crippen LogP contribution < -0.4 is 5.32 Å². The Labute approximate surface area is 146 Å². The molecule has 5 nitrogen and oxygen atoms in total. The van der Waals surface area contributed by atoms with E-state index in [9.17, 15) is 9.59 Å². The molecule has 3 aromatic rings. The first-order valence-electron chi connectivity index (χ1n) is 8.29. The summed E-state index contributed by atoms with van der Waals surface area (Å²) < 4.78 is 4.94. The normalized spacial score (nSPS) is 10.6. The molecule has 0 radical (unpaired) electrons. The number of fused-ring (bicyclic) bond motifs is 1. The standard InChI is InChI=1S/C20H20N2O3/c1-2-25-20(24)15-6-9-16(10-7-15)22-19(23)11-8-14-4-3-5-18-17(14)12-13-21-18/h3-7,9-10,12-13,21H,2,8,11H2,1H3,(H,22,23). The summed E-state index contributed by atoms with van der Waals surface area (Å²) in [5, 5.41) is 4.00. The highest BCUT2D eigenvalue weighted by Crippen LogP contribution is 2.19. The fourth-order valence-corrected chi connectivity index (χ4v) is 2.74. The number of anilines is 1. The number of nitrogens with one attached hydrogen (secondary N) is 2. The molecule has 2 N–H and O–H groups in total. The van der Waals surface area contributed by atoms with Gasteiger partial charge in [-0.15, -0.1) is 0 Å². The van der Waals surface area contributed by atoms with Gasteiger partial charge in [-0.1, -0.05) is 12.1 Å². The molecular weight excluding hydrogens is 316 g/mol. The summed E-state index contributed by atoms with van der Waals surface area (Å²) in [5.41, 5.74) is 3.36. The Morgan fingerprint density at radius 1 is 1.08 bits per heavy atom. The van der Waals surface area contributed by atoms with E-state index >= 15 is 0 Å². The van der Waals surface area contributed by atoms with Crippen molar-refractivity contribution in [1.82, 2.24) is 4.98 Å². The molecule has 5 heteroatoms. The molecule has 0 saturated carbocycles. The van der Waals surface area contributed by atoms with E-state index in [1.165, 1.54) is 0 Å². The molecule has 0 atom stereocenters. The maximum atomic E-state index is 12.2. The minimum Gasteiger partial charge on any atom is -0.462 e. The number of aromatic nitrogens is 1. The third kappa shape index (κ3) is 4.07. The second-order valence-electron chi connectivity index (χ2n) is 5.70. The van der Waals surface area contributed by atoms with Gasteiger partial charge in [0.25, 0.3) is 0 Å². The van der Waals surface area contributed by atoms with Crippen LogP contribution in [0.1, 0.15) is 29.3 Å². The number of aromatic amines is 1. The molecule has 0 aliphatic carbocycles. The van der Waals surface area contributed by atoms with Crippen LogP contribution >= 0.6 is 0 Å². The molecule has 1 heterocycles. The maximum absolute atomic E-state index is 12.2. The van der Waals surface area contributed by atoms with Crippen molar-refractivity contribution in [2.24, 2.45) is 0 Å². The number of ether oxygens (including phenoxy) is 1. The fourth-order valence-electron chi connectivity index (χ4n) is 2.74. The molecule has 2 aromatic carbocycles. The molecular formula is C20H20N2O3. The molecule has 0 fully saturated rings. The number of carbonyl (C=O) groups is 2. The number of rotatable bonds is 6. The summed E-state index contributed by atoms with van der Waals surface area (Å²) in [4.78, 5) is 27.0. The highest BCUT2D eigenvalue weighted by atomic mass is 16.5. The first kappa shape index (κ1) is 16.8. The zero-order valence-corrected chi connectivity index (χ0v) is 14.0. The number of hydrogen-bond acceptors (Lipinski definition) is 3. The van der Waals surface area contributed by atoms with Gasteiger partial charge in [-0.05, 0) is 55.3 Å². The van der Waals surface area contributed by atoms with Crippen molar-refractivity contribution in [2.45, 2.75) is 19.8 Å². The Bertz CT molecular complexity index is 881. The molecule has 1 amide bonds. The number of carbonyl (C=O) groups excluding carboxylic acids is 2. The van der Waals surface area contributed by atoms with Crippen LogP contribution in [0.15, 0.2) is 54.7 Å². The van der Waals surface area contributed by atoms with Crippen LogP contribution in [-0.4, -0.2) is 23.5 Å². The minimum atomic E-state index is -0.361. The van der Waals surface area contributed by atoms with Gasteiger partial charge in [-0.3, -0.25) is 4.79 Å². The van der Waals surface area contributed by atoms with E-state index in [0.29, 0.717) is 30.7 Å². The van der Waals surface area contributed by atoms with Gasteiger partial charge in [0.05, 0.1) is 12.2 Å². The predicted molar refractivity (Wildman–Crippen MR) is 97.6 cm³/mol. The number of aryl methyl sites for hydroxylation is 1. The second kappa shape index (κ2) is 7.66. The molecule has 0 bridgehead atoms. The second-order valence-corrected chi connectivity index (χ2v) is 5.70. The van der Waals surface area contributed by atoms with Crippen molar-refractivity contribution < 1.29 is 14.3 Å². The largest absolute Gasteiger partial charge is 0.462 e. The number of esters is 1. The van der Waals surface area contributed by atoms with Crippen molar-refractivity contribution in [1.29, 1.82) is 0 Å². The van der Waals surface area contributed by atoms with Crippen LogP contribution in [0.25, 0.3) is 10.9 Å². The van der Waals surface area contributed by atoms with Crippen LogP contribution in [-0.2, 0) is 16.0 Å². The highest BCUT2D eigenvalue weighted by molar-refractivity contribution is 5.93. The Morgan fingerprint density at radius 2 is 1.88 bits per heavy atom. The lowest BCUT2D eigenvalue weighted by molar-refractivity contribution is -0.116. The van der Waals surface area contributed by atoms with Gasteiger partial charge < -0.3 is 15.0 Å². The molecule has 128 valence electrons. The van der Waals surface area contributed by atoms with Gasteiger partial charge in [0.1, 0.15) is 0 Å². The van der Waals surface area contributed by atoms with Crippen molar-refractivity contribution in [3.63, 3.8) is 0 Å². The minimum absolute atomic E-state index is 0.0589. The van der Waals surface area contributed by atoms with Crippen molar-refractivity contribution in [2.75, 3.05) is 11.9 Å². The van der Waals surface area contributed by atoms with Gasteiger partial charge in [0.15, 0.2) is 0 Å². The van der Waals surface area contributed by atoms with Gasteiger partial charge >= 0.3 is 5.97 Å². The quantitative estimate of drug-likeness (QED) is 0.670. The Hall–Kier alpha value is -3.08. The summed E-state index contributed by atoms with van der Waals surface area (Å²) in [5.74, 6) is -0.420. The zero-order chi connectivity index (χ0) is 17.6. The van der Waals surface area contributed by atoms with Gasteiger partial charge in [0, 0.05) is 29.2 Å². The smallest absolute Gasteiger partial charge is 0.338 e. The lowest BCUT2D eigenvalue weighted by Gasteiger charge is -2.07. The number of H-pyrrole nitrogens is 1. The van der Waals surface area contributed by atoms with Crippen LogP contribution in [0, 0.1) is 0 Å². The molecule has 0 aliphatic rings. The van der Waals surface area contributed by atoms with E-state index in [1.807, 2.05) is 30.5 Å². The number of amides is 1. The zero-order valence-electron chi connectivity index (χ0n) is 14.0. The van der Waals surface area contributed by atoms with Crippen LogP contribution in [0.2, 0.25) is 0 Å². The average molecular weight is 336 g/mol. The van der Waals surface area contributed by atoms with Gasteiger partial charge in [-0.2, -0.15) is 0 Å². The third-order valence-electron chi connectivity index (χ3n) is 3.99. The fraction of sp³-hybridized carbons (Fsp3) is 0.200.